The lowest BCUT2D eigenvalue weighted by Gasteiger charge is -2.16. The molecule has 0 amide bonds. The molecule has 2 aromatic rings. The molecule has 0 saturated carbocycles. The van der Waals surface area contributed by atoms with Gasteiger partial charge in [0.25, 0.3) is 5.69 Å². The van der Waals surface area contributed by atoms with Crippen molar-refractivity contribution in [3.63, 3.8) is 0 Å². The van der Waals surface area contributed by atoms with E-state index in [2.05, 4.69) is 5.32 Å². The number of halogens is 1. The zero-order valence-corrected chi connectivity index (χ0v) is 11.2. The lowest BCUT2D eigenvalue weighted by atomic mass is 10.1. The summed E-state index contributed by atoms with van der Waals surface area (Å²) in [5.41, 5.74) is 1.38. The van der Waals surface area contributed by atoms with Crippen molar-refractivity contribution in [1.82, 2.24) is 0 Å². The van der Waals surface area contributed by atoms with E-state index in [0.29, 0.717) is 11.3 Å². The number of nitrogens with zero attached hydrogens (tertiary/aromatic N) is 2. The molecule has 0 fully saturated rings. The van der Waals surface area contributed by atoms with Gasteiger partial charge >= 0.3 is 0 Å². The number of benzene rings is 2. The zero-order valence-electron chi connectivity index (χ0n) is 11.2. The second-order valence-electron chi connectivity index (χ2n) is 4.52. The predicted molar refractivity (Wildman–Crippen MR) is 76.2 cm³/mol. The molecule has 0 heterocycles. The fourth-order valence-corrected chi connectivity index (χ4v) is 1.96. The lowest BCUT2D eigenvalue weighted by molar-refractivity contribution is -0.384. The van der Waals surface area contributed by atoms with Crippen LogP contribution in [-0.2, 0) is 0 Å². The van der Waals surface area contributed by atoms with Gasteiger partial charge in [-0.15, -0.1) is 0 Å². The highest BCUT2D eigenvalue weighted by Gasteiger charge is 2.12. The zero-order chi connectivity index (χ0) is 15.4. The average Bonchev–Trinajstić information content (AvgIpc) is 2.49. The fraction of sp³-hybridized carbons (Fsp3) is 0.133. The number of rotatable bonds is 4. The average molecular weight is 285 g/mol. The predicted octanol–water partition coefficient (Wildman–Crippen LogP) is 3.78. The van der Waals surface area contributed by atoms with Crippen LogP contribution in [0.15, 0.2) is 42.5 Å². The van der Waals surface area contributed by atoms with E-state index in [1.807, 2.05) is 13.0 Å². The molecule has 0 aromatic heterocycles. The summed E-state index contributed by atoms with van der Waals surface area (Å²) in [7, 11) is 0. The molecular formula is C15H12FN3O2. The minimum absolute atomic E-state index is 0.000706. The van der Waals surface area contributed by atoms with Crippen LogP contribution in [0.2, 0.25) is 0 Å². The summed E-state index contributed by atoms with van der Waals surface area (Å²) in [4.78, 5) is 10.3. The van der Waals surface area contributed by atoms with Crippen molar-refractivity contribution >= 4 is 11.4 Å². The first-order chi connectivity index (χ1) is 10.0. The molecule has 0 saturated heterocycles. The molecule has 1 N–H and O–H groups in total. The van der Waals surface area contributed by atoms with Gasteiger partial charge in [-0.25, -0.2) is 4.39 Å². The standard InChI is InChI=1S/C15H12FN3O2/c1-10(11-3-2-4-14(8-11)19(20)21)18-15-6-5-13(16)7-12(15)9-17/h2-8,10,18H,1H3. The Hall–Kier alpha value is -2.94. The summed E-state index contributed by atoms with van der Waals surface area (Å²) in [6, 6.07) is 11.7. The van der Waals surface area contributed by atoms with Crippen LogP contribution in [0, 0.1) is 27.3 Å². The smallest absolute Gasteiger partial charge is 0.269 e. The second kappa shape index (κ2) is 6.01. The maximum Gasteiger partial charge on any atom is 0.269 e. The molecule has 0 spiro atoms. The quantitative estimate of drug-likeness (QED) is 0.685. The van der Waals surface area contributed by atoms with Crippen LogP contribution < -0.4 is 5.32 Å². The highest BCUT2D eigenvalue weighted by atomic mass is 19.1. The largest absolute Gasteiger partial charge is 0.377 e. The first-order valence-corrected chi connectivity index (χ1v) is 6.22. The Kier molecular flexibility index (Phi) is 4.14. The van der Waals surface area contributed by atoms with Crippen molar-refractivity contribution in [1.29, 1.82) is 5.26 Å². The minimum atomic E-state index is -0.486. The van der Waals surface area contributed by atoms with E-state index in [-0.39, 0.29) is 17.3 Å². The molecule has 0 aliphatic carbocycles. The summed E-state index contributed by atoms with van der Waals surface area (Å²) >= 11 is 0. The number of nitro groups is 1. The number of nitrogens with one attached hydrogen (secondary N) is 1. The van der Waals surface area contributed by atoms with Gasteiger partial charge in [0.05, 0.1) is 16.2 Å². The van der Waals surface area contributed by atoms with E-state index >= 15 is 0 Å². The van der Waals surface area contributed by atoms with E-state index in [9.17, 15) is 14.5 Å². The third-order valence-corrected chi connectivity index (χ3v) is 3.06. The monoisotopic (exact) mass is 285 g/mol. The number of non-ortho nitro benzene ring substituents is 1. The van der Waals surface area contributed by atoms with Crippen LogP contribution in [0.25, 0.3) is 0 Å². The fourth-order valence-electron chi connectivity index (χ4n) is 1.96. The molecule has 106 valence electrons. The number of anilines is 1. The molecule has 0 radical (unpaired) electrons. The Morgan fingerprint density at radius 3 is 2.76 bits per heavy atom. The summed E-state index contributed by atoms with van der Waals surface area (Å²) < 4.78 is 13.1. The molecule has 1 unspecified atom stereocenters. The summed E-state index contributed by atoms with van der Waals surface area (Å²) in [5.74, 6) is -0.486. The van der Waals surface area contributed by atoms with Gasteiger partial charge in [0, 0.05) is 18.2 Å². The van der Waals surface area contributed by atoms with E-state index in [1.165, 1.54) is 24.3 Å². The topological polar surface area (TPSA) is 79.0 Å². The Labute approximate surface area is 120 Å². The molecular weight excluding hydrogens is 273 g/mol. The van der Waals surface area contributed by atoms with Crippen molar-refractivity contribution in [3.8, 4) is 6.07 Å². The molecule has 2 aromatic carbocycles. The van der Waals surface area contributed by atoms with Crippen LogP contribution >= 0.6 is 0 Å². The highest BCUT2D eigenvalue weighted by Crippen LogP contribution is 2.25. The first kappa shape index (κ1) is 14.5. The molecule has 0 aliphatic heterocycles. The molecule has 0 bridgehead atoms. The molecule has 0 aliphatic rings. The Morgan fingerprint density at radius 2 is 2.10 bits per heavy atom. The molecule has 2 rings (SSSR count). The van der Waals surface area contributed by atoms with Crippen molar-refractivity contribution in [2.24, 2.45) is 0 Å². The molecule has 6 heteroatoms. The van der Waals surface area contributed by atoms with Crippen molar-refractivity contribution < 1.29 is 9.31 Å². The van der Waals surface area contributed by atoms with Gasteiger partial charge in [0.15, 0.2) is 0 Å². The van der Waals surface area contributed by atoms with Crippen LogP contribution in [-0.4, -0.2) is 4.92 Å². The number of hydrogen-bond acceptors (Lipinski definition) is 4. The van der Waals surface area contributed by atoms with E-state index in [0.717, 1.165) is 6.07 Å². The van der Waals surface area contributed by atoms with Gasteiger partial charge < -0.3 is 5.32 Å². The summed E-state index contributed by atoms with van der Waals surface area (Å²) in [6.07, 6.45) is 0. The number of nitriles is 1. The highest BCUT2D eigenvalue weighted by molar-refractivity contribution is 5.58. The molecule has 5 nitrogen and oxygen atoms in total. The van der Waals surface area contributed by atoms with Crippen LogP contribution in [0.4, 0.5) is 15.8 Å². The summed E-state index contributed by atoms with van der Waals surface area (Å²) in [6.45, 7) is 1.81. The van der Waals surface area contributed by atoms with Gasteiger partial charge in [0.1, 0.15) is 11.9 Å². The first-order valence-electron chi connectivity index (χ1n) is 6.22. The normalized spacial score (nSPS) is 11.5. The molecule has 21 heavy (non-hydrogen) atoms. The van der Waals surface area contributed by atoms with Crippen LogP contribution in [0.5, 0.6) is 0 Å². The molecule has 1 atom stereocenters. The Morgan fingerprint density at radius 1 is 1.33 bits per heavy atom. The lowest BCUT2D eigenvalue weighted by Crippen LogP contribution is -2.08. The second-order valence-corrected chi connectivity index (χ2v) is 4.52. The Bertz CT molecular complexity index is 725. The maximum absolute atomic E-state index is 13.1. The third kappa shape index (κ3) is 3.34. The summed E-state index contributed by atoms with van der Waals surface area (Å²) in [5, 5.41) is 22.8. The van der Waals surface area contributed by atoms with E-state index < -0.39 is 10.7 Å². The van der Waals surface area contributed by atoms with Gasteiger partial charge in [-0.05, 0) is 30.7 Å². The van der Waals surface area contributed by atoms with Crippen LogP contribution in [0.1, 0.15) is 24.1 Å². The number of nitro benzene ring substituents is 1. The van der Waals surface area contributed by atoms with Crippen LogP contribution in [0.3, 0.4) is 0 Å². The van der Waals surface area contributed by atoms with Gasteiger partial charge in [0.2, 0.25) is 0 Å². The van der Waals surface area contributed by atoms with E-state index in [1.54, 1.807) is 12.1 Å². The third-order valence-electron chi connectivity index (χ3n) is 3.06. The van der Waals surface area contributed by atoms with E-state index in [4.69, 9.17) is 5.26 Å². The van der Waals surface area contributed by atoms with Crippen molar-refractivity contribution in [2.45, 2.75) is 13.0 Å². The maximum atomic E-state index is 13.1. The van der Waals surface area contributed by atoms with Crippen molar-refractivity contribution in [2.75, 3.05) is 5.32 Å². The minimum Gasteiger partial charge on any atom is -0.377 e. The van der Waals surface area contributed by atoms with Gasteiger partial charge in [-0.1, -0.05) is 12.1 Å². The van der Waals surface area contributed by atoms with Gasteiger partial charge in [-0.2, -0.15) is 5.26 Å². The Balaban J connectivity index is 2.26. The van der Waals surface area contributed by atoms with Gasteiger partial charge in [-0.3, -0.25) is 10.1 Å². The SMILES string of the molecule is CC(Nc1ccc(F)cc1C#N)c1cccc([N+](=O)[O-])c1. The van der Waals surface area contributed by atoms with Crippen molar-refractivity contribution in [3.05, 3.63) is 69.5 Å². The number of hydrogen-bond donors (Lipinski definition) is 1.